The smallest absolute Gasteiger partial charge is 0.281 e. The summed E-state index contributed by atoms with van der Waals surface area (Å²) in [7, 11) is 3.69. The SMILES string of the molecule is CSNC(=O)c1nc(Cl)ccc1NC(C)c1cc(C)cc2c(=O)n(C)c(N3CCc4nn(C)cc4C3)nc12. The molecule has 1 aromatic carbocycles. The van der Waals surface area contributed by atoms with E-state index in [1.807, 2.05) is 43.9 Å². The number of nitrogens with one attached hydrogen (secondary N) is 2. The molecular weight excluding hydrogens is 524 g/mol. The third-order valence-corrected chi connectivity index (χ3v) is 7.29. The molecule has 12 heteroatoms. The summed E-state index contributed by atoms with van der Waals surface area (Å²) >= 11 is 7.27. The number of benzene rings is 1. The number of halogens is 1. The molecule has 1 aliphatic heterocycles. The van der Waals surface area contributed by atoms with E-state index in [2.05, 4.69) is 25.0 Å². The number of anilines is 2. The van der Waals surface area contributed by atoms with Crippen molar-refractivity contribution in [2.75, 3.05) is 23.0 Å². The van der Waals surface area contributed by atoms with Crippen LogP contribution >= 0.6 is 23.5 Å². The highest BCUT2D eigenvalue weighted by molar-refractivity contribution is 7.97. The second kappa shape index (κ2) is 10.3. The number of carbonyl (C=O) groups is 1. The van der Waals surface area contributed by atoms with Crippen molar-refractivity contribution in [1.29, 1.82) is 0 Å². The van der Waals surface area contributed by atoms with Gasteiger partial charge >= 0.3 is 0 Å². The van der Waals surface area contributed by atoms with Crippen molar-refractivity contribution in [3.63, 3.8) is 0 Å². The molecule has 5 rings (SSSR count). The largest absolute Gasteiger partial charge is 0.377 e. The summed E-state index contributed by atoms with van der Waals surface area (Å²) in [5, 5.41) is 8.71. The van der Waals surface area contributed by atoms with Crippen molar-refractivity contribution >= 4 is 52.0 Å². The Morgan fingerprint density at radius 1 is 1.21 bits per heavy atom. The van der Waals surface area contributed by atoms with Gasteiger partial charge < -0.3 is 10.2 Å². The minimum absolute atomic E-state index is 0.104. The fourth-order valence-corrected chi connectivity index (χ4v) is 5.38. The van der Waals surface area contributed by atoms with Crippen LogP contribution in [-0.4, -0.2) is 43.0 Å². The molecule has 0 aliphatic carbocycles. The lowest BCUT2D eigenvalue weighted by Gasteiger charge is -2.29. The van der Waals surface area contributed by atoms with Crippen LogP contribution in [0.3, 0.4) is 0 Å². The Morgan fingerprint density at radius 3 is 2.76 bits per heavy atom. The van der Waals surface area contributed by atoms with Crippen molar-refractivity contribution in [2.45, 2.75) is 32.9 Å². The van der Waals surface area contributed by atoms with Crippen LogP contribution in [0.5, 0.6) is 0 Å². The topological polar surface area (TPSA) is 110 Å². The van der Waals surface area contributed by atoms with Crippen LogP contribution in [-0.2, 0) is 27.1 Å². The molecule has 1 atom stereocenters. The summed E-state index contributed by atoms with van der Waals surface area (Å²) in [6.07, 6.45) is 4.57. The van der Waals surface area contributed by atoms with Crippen LogP contribution in [0.15, 0.2) is 35.3 Å². The third-order valence-electron chi connectivity index (χ3n) is 6.69. The summed E-state index contributed by atoms with van der Waals surface area (Å²) in [5.74, 6) is 0.264. The quantitative estimate of drug-likeness (QED) is 0.275. The van der Waals surface area contributed by atoms with Crippen molar-refractivity contribution in [3.05, 3.63) is 74.0 Å². The Kier molecular flexibility index (Phi) is 7.06. The first kappa shape index (κ1) is 26.1. The molecule has 4 aromatic rings. The molecule has 0 saturated heterocycles. The molecule has 0 spiro atoms. The van der Waals surface area contributed by atoms with E-state index in [1.165, 1.54) is 11.9 Å². The number of carbonyl (C=O) groups excluding carboxylic acids is 1. The van der Waals surface area contributed by atoms with Gasteiger partial charge in [-0.2, -0.15) is 5.10 Å². The standard InChI is InChI=1S/C26H29ClN8O2S/c1-14-10-17(15(2)28-20-6-7-21(27)29-23(20)24(36)32-38-5)22-18(11-14)25(37)34(4)26(30-22)35-9-8-19-16(13-35)12-33(3)31-19/h6-7,10-12,15,28H,8-9,13H2,1-5H3,(H,32,36). The number of nitrogens with zero attached hydrogens (tertiary/aromatic N) is 6. The van der Waals surface area contributed by atoms with E-state index in [0.717, 1.165) is 35.3 Å². The predicted molar refractivity (Wildman–Crippen MR) is 152 cm³/mol. The Hall–Kier alpha value is -3.57. The molecule has 0 saturated carbocycles. The van der Waals surface area contributed by atoms with E-state index in [9.17, 15) is 9.59 Å². The van der Waals surface area contributed by atoms with Gasteiger partial charge in [0.1, 0.15) is 5.15 Å². The predicted octanol–water partition coefficient (Wildman–Crippen LogP) is 3.77. The summed E-state index contributed by atoms with van der Waals surface area (Å²) < 4.78 is 6.15. The average Bonchev–Trinajstić information content (AvgIpc) is 3.26. The summed E-state index contributed by atoms with van der Waals surface area (Å²) in [5.41, 5.74) is 5.27. The molecule has 2 N–H and O–H groups in total. The molecule has 3 aromatic heterocycles. The van der Waals surface area contributed by atoms with Crippen molar-refractivity contribution < 1.29 is 4.79 Å². The summed E-state index contributed by atoms with van der Waals surface area (Å²) in [4.78, 5) is 37.6. The monoisotopic (exact) mass is 552 g/mol. The van der Waals surface area contributed by atoms with Gasteiger partial charge in [0.2, 0.25) is 5.95 Å². The lowest BCUT2D eigenvalue weighted by molar-refractivity contribution is 0.0980. The minimum Gasteiger partial charge on any atom is -0.377 e. The van der Waals surface area contributed by atoms with Crippen LogP contribution < -0.4 is 20.5 Å². The number of rotatable bonds is 6. The van der Waals surface area contributed by atoms with E-state index in [1.54, 1.807) is 30.0 Å². The third kappa shape index (κ3) is 4.83. The maximum atomic E-state index is 13.6. The fraction of sp³-hybridized carbons (Fsp3) is 0.346. The van der Waals surface area contributed by atoms with E-state index < -0.39 is 0 Å². The molecule has 1 unspecified atom stereocenters. The van der Waals surface area contributed by atoms with Gasteiger partial charge in [-0.1, -0.05) is 29.6 Å². The number of hydrogen-bond acceptors (Lipinski definition) is 8. The molecule has 38 heavy (non-hydrogen) atoms. The fourth-order valence-electron chi connectivity index (χ4n) is 4.95. The van der Waals surface area contributed by atoms with E-state index >= 15 is 0 Å². The average molecular weight is 553 g/mol. The number of aromatic nitrogens is 5. The van der Waals surface area contributed by atoms with Crippen molar-refractivity contribution in [3.8, 4) is 0 Å². The highest BCUT2D eigenvalue weighted by Gasteiger charge is 2.25. The molecule has 198 valence electrons. The molecule has 4 heterocycles. The highest BCUT2D eigenvalue weighted by atomic mass is 35.5. The van der Waals surface area contributed by atoms with Gasteiger partial charge in [-0.15, -0.1) is 0 Å². The zero-order chi connectivity index (χ0) is 27.1. The van der Waals surface area contributed by atoms with Gasteiger partial charge in [-0.25, -0.2) is 9.97 Å². The summed E-state index contributed by atoms with van der Waals surface area (Å²) in [6.45, 7) is 5.28. The van der Waals surface area contributed by atoms with Gasteiger partial charge in [0.05, 0.1) is 28.3 Å². The van der Waals surface area contributed by atoms with Gasteiger partial charge in [-0.3, -0.25) is 23.6 Å². The van der Waals surface area contributed by atoms with Gasteiger partial charge in [0, 0.05) is 57.2 Å². The normalized spacial score (nSPS) is 13.9. The van der Waals surface area contributed by atoms with E-state index in [-0.39, 0.29) is 28.4 Å². The number of aryl methyl sites for hydroxylation is 2. The second-order valence-electron chi connectivity index (χ2n) is 9.50. The Bertz CT molecular complexity index is 1620. The van der Waals surface area contributed by atoms with Gasteiger partial charge in [0.15, 0.2) is 5.69 Å². The second-order valence-corrected chi connectivity index (χ2v) is 10.5. The number of hydrogen-bond donors (Lipinski definition) is 2. The first-order valence-corrected chi connectivity index (χ1v) is 13.8. The van der Waals surface area contributed by atoms with Crippen molar-refractivity contribution in [1.82, 2.24) is 29.0 Å². The van der Waals surface area contributed by atoms with Crippen LogP contribution in [0.25, 0.3) is 10.9 Å². The molecule has 0 radical (unpaired) electrons. The summed E-state index contributed by atoms with van der Waals surface area (Å²) in [6, 6.07) is 6.98. The lowest BCUT2D eigenvalue weighted by Crippen LogP contribution is -2.35. The maximum absolute atomic E-state index is 13.6. The Morgan fingerprint density at radius 2 is 2.00 bits per heavy atom. The number of fused-ring (bicyclic) bond motifs is 2. The molecule has 1 aliphatic rings. The number of pyridine rings is 1. The molecule has 0 fully saturated rings. The molecule has 10 nitrogen and oxygen atoms in total. The Balaban J connectivity index is 1.57. The minimum atomic E-state index is -0.349. The highest BCUT2D eigenvalue weighted by Crippen LogP contribution is 2.30. The zero-order valence-corrected chi connectivity index (χ0v) is 23.4. The van der Waals surface area contributed by atoms with Crippen LogP contribution in [0, 0.1) is 6.92 Å². The number of amides is 1. The molecular formula is C26H29ClN8O2S. The first-order valence-electron chi connectivity index (χ1n) is 12.2. The van der Waals surface area contributed by atoms with E-state index in [0.29, 0.717) is 29.1 Å². The van der Waals surface area contributed by atoms with E-state index in [4.69, 9.17) is 16.6 Å². The first-order chi connectivity index (χ1) is 18.2. The van der Waals surface area contributed by atoms with Crippen LogP contribution in [0.1, 0.15) is 45.8 Å². The molecule has 0 bridgehead atoms. The van der Waals surface area contributed by atoms with Crippen LogP contribution in [0.2, 0.25) is 5.15 Å². The molecule has 1 amide bonds. The van der Waals surface area contributed by atoms with Crippen LogP contribution in [0.4, 0.5) is 11.6 Å². The lowest BCUT2D eigenvalue weighted by atomic mass is 10.0. The zero-order valence-electron chi connectivity index (χ0n) is 21.9. The van der Waals surface area contributed by atoms with Gasteiger partial charge in [-0.05, 0) is 37.6 Å². The Labute approximate surface area is 229 Å². The van der Waals surface area contributed by atoms with Crippen molar-refractivity contribution in [2.24, 2.45) is 14.1 Å². The van der Waals surface area contributed by atoms with Gasteiger partial charge in [0.25, 0.3) is 11.5 Å². The maximum Gasteiger partial charge on any atom is 0.281 e.